The molecule has 1 heterocycles. The minimum Gasteiger partial charge on any atom is -0.314 e. The zero-order valence-electron chi connectivity index (χ0n) is 13.1. The maximum Gasteiger partial charge on any atom is 0.123 e. The van der Waals surface area contributed by atoms with Crippen LogP contribution in [0.15, 0.2) is 29.2 Å². The van der Waals surface area contributed by atoms with E-state index in [0.29, 0.717) is 6.04 Å². The van der Waals surface area contributed by atoms with Crippen LogP contribution in [-0.2, 0) is 0 Å². The Morgan fingerprint density at radius 3 is 2.81 bits per heavy atom. The molecule has 1 unspecified atom stereocenters. The lowest BCUT2D eigenvalue weighted by atomic mass is 9.98. The van der Waals surface area contributed by atoms with E-state index in [2.05, 4.69) is 24.1 Å². The molecule has 0 saturated carbocycles. The van der Waals surface area contributed by atoms with Gasteiger partial charge in [-0.2, -0.15) is 0 Å². The van der Waals surface area contributed by atoms with Crippen LogP contribution in [0.4, 0.5) is 4.39 Å². The predicted octanol–water partition coefficient (Wildman–Crippen LogP) is 3.63. The number of nitrogens with one attached hydrogen (secondary N) is 1. The van der Waals surface area contributed by atoms with Crippen LogP contribution in [0, 0.1) is 11.7 Å². The van der Waals surface area contributed by atoms with Crippen LogP contribution in [0.2, 0.25) is 0 Å². The van der Waals surface area contributed by atoms with Crippen LogP contribution < -0.4 is 5.32 Å². The van der Waals surface area contributed by atoms with Gasteiger partial charge in [0.25, 0.3) is 0 Å². The van der Waals surface area contributed by atoms with Gasteiger partial charge in [0.2, 0.25) is 0 Å². The number of piperidine rings is 1. The lowest BCUT2D eigenvalue weighted by Crippen LogP contribution is -2.41. The van der Waals surface area contributed by atoms with Gasteiger partial charge >= 0.3 is 0 Å². The molecule has 21 heavy (non-hydrogen) atoms. The first kappa shape index (κ1) is 16.8. The highest BCUT2D eigenvalue weighted by atomic mass is 32.2. The first-order valence-corrected chi connectivity index (χ1v) is 8.96. The van der Waals surface area contributed by atoms with E-state index >= 15 is 0 Å². The summed E-state index contributed by atoms with van der Waals surface area (Å²) in [4.78, 5) is 3.73. The number of hydrogen-bond donors (Lipinski definition) is 1. The minimum absolute atomic E-state index is 0.157. The molecule has 2 nitrogen and oxygen atoms in total. The number of hydrogen-bond acceptors (Lipinski definition) is 3. The Labute approximate surface area is 132 Å². The second kappa shape index (κ2) is 8.76. The van der Waals surface area contributed by atoms with Gasteiger partial charge in [0.1, 0.15) is 5.82 Å². The minimum atomic E-state index is -0.157. The summed E-state index contributed by atoms with van der Waals surface area (Å²) in [7, 11) is 0. The van der Waals surface area contributed by atoms with E-state index < -0.39 is 0 Å². The Hall–Kier alpha value is -0.580. The van der Waals surface area contributed by atoms with E-state index in [1.165, 1.54) is 38.1 Å². The van der Waals surface area contributed by atoms with E-state index in [-0.39, 0.29) is 5.82 Å². The van der Waals surface area contributed by atoms with Crippen molar-refractivity contribution >= 4 is 11.8 Å². The average Bonchev–Trinajstić information content (AvgIpc) is 2.48. The quantitative estimate of drug-likeness (QED) is 0.774. The fourth-order valence-electron chi connectivity index (χ4n) is 2.75. The summed E-state index contributed by atoms with van der Waals surface area (Å²) in [5.74, 6) is 1.71. The van der Waals surface area contributed by atoms with Crippen molar-refractivity contribution in [3.63, 3.8) is 0 Å². The molecule has 1 aliphatic heterocycles. The molecule has 1 aliphatic rings. The fraction of sp³-hybridized carbons (Fsp3) is 0.647. The maximum absolute atomic E-state index is 12.8. The Morgan fingerprint density at radius 1 is 1.33 bits per heavy atom. The first-order chi connectivity index (χ1) is 10.1. The molecular formula is C17H27FN2S. The summed E-state index contributed by atoms with van der Waals surface area (Å²) in [5.41, 5.74) is 0. The second-order valence-electron chi connectivity index (χ2n) is 6.17. The predicted molar refractivity (Wildman–Crippen MR) is 89.4 cm³/mol. The summed E-state index contributed by atoms with van der Waals surface area (Å²) in [5, 5.41) is 3.56. The van der Waals surface area contributed by atoms with Gasteiger partial charge in [-0.25, -0.2) is 4.39 Å². The summed E-state index contributed by atoms with van der Waals surface area (Å²) in [6, 6.07) is 7.39. The standard InChI is InChI=1S/C17H27FN2S/c1-14(2)19-12-15-4-3-9-20(13-15)10-11-21-17-7-5-16(18)6-8-17/h5-8,14-15,19H,3-4,9-13H2,1-2H3. The van der Waals surface area contributed by atoms with E-state index in [1.54, 1.807) is 0 Å². The van der Waals surface area contributed by atoms with Gasteiger partial charge in [-0.1, -0.05) is 13.8 Å². The molecule has 2 rings (SSSR count). The van der Waals surface area contributed by atoms with Gasteiger partial charge in [0.15, 0.2) is 0 Å². The summed E-state index contributed by atoms with van der Waals surface area (Å²) < 4.78 is 12.8. The third kappa shape index (κ3) is 6.37. The van der Waals surface area contributed by atoms with Crippen molar-refractivity contribution in [2.24, 2.45) is 5.92 Å². The van der Waals surface area contributed by atoms with Crippen molar-refractivity contribution in [2.45, 2.75) is 37.6 Å². The van der Waals surface area contributed by atoms with Crippen molar-refractivity contribution < 1.29 is 4.39 Å². The molecule has 4 heteroatoms. The molecule has 0 aliphatic carbocycles. The molecule has 0 aromatic heterocycles. The number of nitrogens with zero attached hydrogens (tertiary/aromatic N) is 1. The van der Waals surface area contributed by atoms with Crippen molar-refractivity contribution in [2.75, 3.05) is 31.9 Å². The molecule has 0 bridgehead atoms. The highest BCUT2D eigenvalue weighted by molar-refractivity contribution is 7.99. The van der Waals surface area contributed by atoms with Gasteiger partial charge in [0.05, 0.1) is 0 Å². The lowest BCUT2D eigenvalue weighted by molar-refractivity contribution is 0.180. The van der Waals surface area contributed by atoms with Crippen molar-refractivity contribution in [1.29, 1.82) is 0 Å². The highest BCUT2D eigenvalue weighted by Gasteiger charge is 2.19. The molecule has 0 spiro atoms. The van der Waals surface area contributed by atoms with E-state index in [1.807, 2.05) is 23.9 Å². The van der Waals surface area contributed by atoms with Crippen molar-refractivity contribution in [3.8, 4) is 0 Å². The number of halogens is 1. The van der Waals surface area contributed by atoms with E-state index in [9.17, 15) is 4.39 Å². The normalized spacial score (nSPS) is 20.1. The summed E-state index contributed by atoms with van der Waals surface area (Å²) in [6.07, 6.45) is 2.66. The molecule has 1 aromatic carbocycles. The average molecular weight is 310 g/mol. The zero-order chi connectivity index (χ0) is 15.1. The smallest absolute Gasteiger partial charge is 0.123 e. The Balaban J connectivity index is 1.66. The third-order valence-corrected chi connectivity index (χ3v) is 4.90. The molecule has 1 N–H and O–H groups in total. The SMILES string of the molecule is CC(C)NCC1CCCN(CCSc2ccc(F)cc2)C1. The number of benzene rings is 1. The highest BCUT2D eigenvalue weighted by Crippen LogP contribution is 2.20. The van der Waals surface area contributed by atoms with Crippen molar-refractivity contribution in [3.05, 3.63) is 30.1 Å². The van der Waals surface area contributed by atoms with Gasteiger partial charge in [-0.15, -0.1) is 11.8 Å². The fourth-order valence-corrected chi connectivity index (χ4v) is 3.66. The summed E-state index contributed by atoms with van der Waals surface area (Å²) >= 11 is 1.82. The molecule has 1 fully saturated rings. The molecule has 1 saturated heterocycles. The molecule has 118 valence electrons. The van der Waals surface area contributed by atoms with Crippen LogP contribution in [0.5, 0.6) is 0 Å². The Morgan fingerprint density at radius 2 is 2.10 bits per heavy atom. The molecule has 0 amide bonds. The molecule has 1 atom stereocenters. The van der Waals surface area contributed by atoms with Crippen molar-refractivity contribution in [1.82, 2.24) is 10.2 Å². The number of rotatable bonds is 7. The molecule has 0 radical (unpaired) electrons. The van der Waals surface area contributed by atoms with E-state index in [0.717, 1.165) is 29.7 Å². The van der Waals surface area contributed by atoms with Gasteiger partial charge in [-0.05, 0) is 56.1 Å². The largest absolute Gasteiger partial charge is 0.314 e. The van der Waals surface area contributed by atoms with Crippen LogP contribution in [0.1, 0.15) is 26.7 Å². The zero-order valence-corrected chi connectivity index (χ0v) is 14.0. The lowest BCUT2D eigenvalue weighted by Gasteiger charge is -2.33. The van der Waals surface area contributed by atoms with Crippen LogP contribution >= 0.6 is 11.8 Å². The van der Waals surface area contributed by atoms with Gasteiger partial charge in [-0.3, -0.25) is 0 Å². The third-order valence-electron chi connectivity index (χ3n) is 3.91. The van der Waals surface area contributed by atoms with Gasteiger partial charge < -0.3 is 10.2 Å². The molecule has 1 aromatic rings. The Kier molecular flexibility index (Phi) is 7.00. The number of likely N-dealkylation sites (tertiary alicyclic amines) is 1. The summed E-state index contributed by atoms with van der Waals surface area (Å²) in [6.45, 7) is 9.12. The van der Waals surface area contributed by atoms with Crippen LogP contribution in [-0.4, -0.2) is 42.9 Å². The van der Waals surface area contributed by atoms with E-state index in [4.69, 9.17) is 0 Å². The monoisotopic (exact) mass is 310 g/mol. The first-order valence-electron chi connectivity index (χ1n) is 7.97. The topological polar surface area (TPSA) is 15.3 Å². The number of thioether (sulfide) groups is 1. The second-order valence-corrected chi connectivity index (χ2v) is 7.34. The Bertz CT molecular complexity index is 408. The maximum atomic E-state index is 12.8. The van der Waals surface area contributed by atoms with Gasteiger partial charge in [0, 0.05) is 29.8 Å². The van der Waals surface area contributed by atoms with Crippen LogP contribution in [0.3, 0.4) is 0 Å². The van der Waals surface area contributed by atoms with Crippen LogP contribution in [0.25, 0.3) is 0 Å². The molecular weight excluding hydrogens is 283 g/mol.